The van der Waals surface area contributed by atoms with Crippen LogP contribution in [0.3, 0.4) is 0 Å². The van der Waals surface area contributed by atoms with Gasteiger partial charge in [0.25, 0.3) is 0 Å². The van der Waals surface area contributed by atoms with Crippen LogP contribution in [0.2, 0.25) is 5.02 Å². The van der Waals surface area contributed by atoms with Gasteiger partial charge in [-0.15, -0.1) is 0 Å². The third-order valence-electron chi connectivity index (χ3n) is 4.53. The van der Waals surface area contributed by atoms with Gasteiger partial charge in [0.2, 0.25) is 0 Å². The molecule has 4 nitrogen and oxygen atoms in total. The molecule has 2 amide bonds. The standard InChI is InChI=1S/C16H20ClFN2O2/c17-12-4-1-5-13(18)10(12)6-7-19-16(21)20-14-9-15-11(14)3-2-8-22-15/h1,4-5,11,14-15H,2-3,6-9H2,(H2,19,20,21). The highest BCUT2D eigenvalue weighted by Gasteiger charge is 2.43. The molecule has 1 saturated heterocycles. The summed E-state index contributed by atoms with van der Waals surface area (Å²) in [5.41, 5.74) is 0.439. The molecule has 2 aliphatic rings. The largest absolute Gasteiger partial charge is 0.378 e. The van der Waals surface area contributed by atoms with Crippen LogP contribution < -0.4 is 10.6 Å². The van der Waals surface area contributed by atoms with Crippen LogP contribution in [0.5, 0.6) is 0 Å². The Morgan fingerprint density at radius 3 is 3.09 bits per heavy atom. The topological polar surface area (TPSA) is 50.4 Å². The van der Waals surface area contributed by atoms with E-state index in [4.69, 9.17) is 16.3 Å². The Kier molecular flexibility index (Phi) is 4.84. The number of amides is 2. The minimum absolute atomic E-state index is 0.197. The minimum atomic E-state index is -0.337. The van der Waals surface area contributed by atoms with Crippen LogP contribution in [0.25, 0.3) is 0 Å². The number of rotatable bonds is 4. The van der Waals surface area contributed by atoms with Gasteiger partial charge in [-0.05, 0) is 37.8 Å². The fourth-order valence-corrected chi connectivity index (χ4v) is 3.51. The summed E-state index contributed by atoms with van der Waals surface area (Å²) in [5, 5.41) is 6.13. The molecule has 1 aromatic rings. The maximum atomic E-state index is 13.6. The molecule has 120 valence electrons. The van der Waals surface area contributed by atoms with Crippen molar-refractivity contribution in [2.75, 3.05) is 13.2 Å². The number of ether oxygens (including phenoxy) is 1. The number of hydrogen-bond donors (Lipinski definition) is 2. The number of carbonyl (C=O) groups excluding carboxylic acids is 1. The van der Waals surface area contributed by atoms with Crippen molar-refractivity contribution < 1.29 is 13.9 Å². The molecule has 1 saturated carbocycles. The number of halogens is 2. The molecule has 3 rings (SSSR count). The highest BCUT2D eigenvalue weighted by atomic mass is 35.5. The Morgan fingerprint density at radius 1 is 1.45 bits per heavy atom. The van der Waals surface area contributed by atoms with Crippen LogP contribution in [-0.4, -0.2) is 31.3 Å². The van der Waals surface area contributed by atoms with E-state index in [0.717, 1.165) is 25.9 Å². The molecule has 2 N–H and O–H groups in total. The van der Waals surface area contributed by atoms with Crippen LogP contribution in [0.15, 0.2) is 18.2 Å². The van der Waals surface area contributed by atoms with E-state index in [1.54, 1.807) is 12.1 Å². The molecule has 0 radical (unpaired) electrons. The fraction of sp³-hybridized carbons (Fsp3) is 0.562. The monoisotopic (exact) mass is 326 g/mol. The first kappa shape index (κ1) is 15.6. The molecule has 0 bridgehead atoms. The number of benzene rings is 1. The van der Waals surface area contributed by atoms with Gasteiger partial charge in [-0.3, -0.25) is 0 Å². The fourth-order valence-electron chi connectivity index (χ4n) is 3.25. The van der Waals surface area contributed by atoms with Gasteiger partial charge in [-0.25, -0.2) is 9.18 Å². The molecular weight excluding hydrogens is 307 g/mol. The van der Waals surface area contributed by atoms with Gasteiger partial charge >= 0.3 is 6.03 Å². The van der Waals surface area contributed by atoms with Gasteiger partial charge in [0.1, 0.15) is 5.82 Å². The quantitative estimate of drug-likeness (QED) is 0.894. The predicted octanol–water partition coefficient (Wildman–Crippen LogP) is 2.89. The highest BCUT2D eigenvalue weighted by Crippen LogP contribution is 2.37. The van der Waals surface area contributed by atoms with E-state index in [1.807, 2.05) is 0 Å². The van der Waals surface area contributed by atoms with Crippen LogP contribution in [0, 0.1) is 11.7 Å². The van der Waals surface area contributed by atoms with Gasteiger partial charge < -0.3 is 15.4 Å². The van der Waals surface area contributed by atoms with Crippen molar-refractivity contribution >= 4 is 17.6 Å². The summed E-state index contributed by atoms with van der Waals surface area (Å²) in [6, 6.07) is 4.58. The third-order valence-corrected chi connectivity index (χ3v) is 4.89. The molecule has 1 heterocycles. The molecule has 3 unspecified atom stereocenters. The van der Waals surface area contributed by atoms with Crippen molar-refractivity contribution in [2.45, 2.75) is 37.8 Å². The lowest BCUT2D eigenvalue weighted by Gasteiger charge is -2.47. The maximum absolute atomic E-state index is 13.6. The zero-order valence-corrected chi connectivity index (χ0v) is 13.0. The summed E-state index contributed by atoms with van der Waals surface area (Å²) in [6.45, 7) is 1.19. The molecule has 22 heavy (non-hydrogen) atoms. The first-order chi connectivity index (χ1) is 10.6. The van der Waals surface area contributed by atoms with Crippen molar-refractivity contribution in [2.24, 2.45) is 5.92 Å². The first-order valence-electron chi connectivity index (χ1n) is 7.74. The third kappa shape index (κ3) is 3.36. The molecule has 0 aromatic heterocycles. The molecule has 1 aliphatic heterocycles. The SMILES string of the molecule is O=C(NCCc1c(F)cccc1Cl)NC1CC2OCCCC12. The summed E-state index contributed by atoms with van der Waals surface area (Å²) in [6.07, 6.45) is 3.75. The maximum Gasteiger partial charge on any atom is 0.315 e. The smallest absolute Gasteiger partial charge is 0.315 e. The van der Waals surface area contributed by atoms with Gasteiger partial charge in [-0.2, -0.15) is 0 Å². The number of urea groups is 1. The first-order valence-corrected chi connectivity index (χ1v) is 8.12. The summed E-state index contributed by atoms with van der Waals surface area (Å²) < 4.78 is 19.2. The van der Waals surface area contributed by atoms with Crippen LogP contribution in [-0.2, 0) is 11.2 Å². The van der Waals surface area contributed by atoms with E-state index in [-0.39, 0.29) is 17.9 Å². The van der Waals surface area contributed by atoms with Crippen molar-refractivity contribution in [1.82, 2.24) is 10.6 Å². The molecule has 1 aromatic carbocycles. The normalized spacial score (nSPS) is 26.7. The van der Waals surface area contributed by atoms with E-state index in [1.165, 1.54) is 6.07 Å². The van der Waals surface area contributed by atoms with Gasteiger partial charge in [0.05, 0.1) is 6.10 Å². The summed E-state index contributed by atoms with van der Waals surface area (Å²) in [5.74, 6) is 0.108. The Bertz CT molecular complexity index is 535. The minimum Gasteiger partial charge on any atom is -0.378 e. The number of carbonyl (C=O) groups is 1. The Labute approximate surface area is 134 Å². The average Bonchev–Trinajstić information content (AvgIpc) is 2.48. The second-order valence-electron chi connectivity index (χ2n) is 5.91. The Balaban J connectivity index is 1.41. The summed E-state index contributed by atoms with van der Waals surface area (Å²) >= 11 is 5.95. The van der Waals surface area contributed by atoms with Crippen molar-refractivity contribution in [1.29, 1.82) is 0 Å². The predicted molar refractivity (Wildman–Crippen MR) is 82.5 cm³/mol. The van der Waals surface area contributed by atoms with Crippen molar-refractivity contribution in [3.63, 3.8) is 0 Å². The van der Waals surface area contributed by atoms with Crippen LogP contribution in [0.1, 0.15) is 24.8 Å². The molecule has 3 atom stereocenters. The Hall–Kier alpha value is -1.33. The van der Waals surface area contributed by atoms with E-state index >= 15 is 0 Å². The lowest BCUT2D eigenvalue weighted by Crippen LogP contribution is -2.59. The van der Waals surface area contributed by atoms with Gasteiger partial charge in [0, 0.05) is 35.7 Å². The average molecular weight is 327 g/mol. The van der Waals surface area contributed by atoms with E-state index in [0.29, 0.717) is 35.6 Å². The lowest BCUT2D eigenvalue weighted by molar-refractivity contribution is -0.0999. The van der Waals surface area contributed by atoms with E-state index in [9.17, 15) is 9.18 Å². The number of fused-ring (bicyclic) bond motifs is 1. The van der Waals surface area contributed by atoms with Crippen molar-refractivity contribution in [3.8, 4) is 0 Å². The Morgan fingerprint density at radius 2 is 2.32 bits per heavy atom. The molecule has 6 heteroatoms. The summed E-state index contributed by atoms with van der Waals surface area (Å²) in [7, 11) is 0. The van der Waals surface area contributed by atoms with Gasteiger partial charge in [0.15, 0.2) is 0 Å². The molecule has 2 fully saturated rings. The van der Waals surface area contributed by atoms with Gasteiger partial charge in [-0.1, -0.05) is 17.7 Å². The molecular formula is C16H20ClFN2O2. The van der Waals surface area contributed by atoms with Crippen LogP contribution >= 0.6 is 11.6 Å². The molecule has 1 aliphatic carbocycles. The lowest BCUT2D eigenvalue weighted by atomic mass is 9.72. The molecule has 0 spiro atoms. The zero-order chi connectivity index (χ0) is 15.5. The highest BCUT2D eigenvalue weighted by molar-refractivity contribution is 6.31. The van der Waals surface area contributed by atoms with E-state index < -0.39 is 0 Å². The van der Waals surface area contributed by atoms with Crippen LogP contribution in [0.4, 0.5) is 9.18 Å². The van der Waals surface area contributed by atoms with E-state index in [2.05, 4.69) is 10.6 Å². The second kappa shape index (κ2) is 6.84. The number of nitrogens with one attached hydrogen (secondary N) is 2. The zero-order valence-electron chi connectivity index (χ0n) is 12.3. The number of hydrogen-bond acceptors (Lipinski definition) is 2. The second-order valence-corrected chi connectivity index (χ2v) is 6.32. The van der Waals surface area contributed by atoms with Crippen molar-refractivity contribution in [3.05, 3.63) is 34.6 Å². The summed E-state index contributed by atoms with van der Waals surface area (Å²) in [4.78, 5) is 11.9.